The van der Waals surface area contributed by atoms with Gasteiger partial charge in [-0.15, -0.1) is 0 Å². The number of ether oxygens (including phenoxy) is 2. The molecule has 0 heterocycles. The van der Waals surface area contributed by atoms with Crippen LogP contribution >= 0.6 is 0 Å². The first-order valence-electron chi connectivity index (χ1n) is 10.9. The Balaban J connectivity index is 1.70. The van der Waals surface area contributed by atoms with Crippen LogP contribution in [0.25, 0.3) is 0 Å². The molecule has 0 bridgehead atoms. The van der Waals surface area contributed by atoms with E-state index in [0.717, 1.165) is 43.4 Å². The average molecular weight is 403 g/mol. The normalized spacial score (nSPS) is 20.0. The zero-order valence-electron chi connectivity index (χ0n) is 17.9. The number of amides is 2. The molecule has 1 unspecified atom stereocenters. The molecule has 6 heteroatoms. The van der Waals surface area contributed by atoms with E-state index in [1.54, 1.807) is 7.11 Å². The number of hydrogen-bond donors (Lipinski definition) is 2. The average Bonchev–Trinajstić information content (AvgIpc) is 3.21. The SMILES string of the molecule is COc1cc(C(C)NC(=O)C2(NC(C)=O)CCCCC2)ccc1OC1CCCC1. The lowest BCUT2D eigenvalue weighted by atomic mass is 9.80. The topological polar surface area (TPSA) is 76.7 Å². The van der Waals surface area contributed by atoms with Gasteiger partial charge < -0.3 is 20.1 Å². The number of methoxy groups -OCH3 is 1. The van der Waals surface area contributed by atoms with E-state index in [4.69, 9.17) is 9.47 Å². The molecule has 6 nitrogen and oxygen atoms in total. The second-order valence-corrected chi connectivity index (χ2v) is 8.45. The molecule has 0 spiro atoms. The van der Waals surface area contributed by atoms with E-state index in [0.29, 0.717) is 18.6 Å². The molecule has 3 rings (SSSR count). The Morgan fingerprint density at radius 3 is 2.38 bits per heavy atom. The predicted octanol–water partition coefficient (Wildman–Crippen LogP) is 4.03. The molecular weight excluding hydrogens is 368 g/mol. The minimum Gasteiger partial charge on any atom is -0.493 e. The first-order valence-corrected chi connectivity index (χ1v) is 10.9. The van der Waals surface area contributed by atoms with Crippen molar-refractivity contribution in [2.45, 2.75) is 89.3 Å². The molecule has 1 aromatic rings. The van der Waals surface area contributed by atoms with Gasteiger partial charge >= 0.3 is 0 Å². The van der Waals surface area contributed by atoms with Crippen molar-refractivity contribution >= 4 is 11.8 Å². The summed E-state index contributed by atoms with van der Waals surface area (Å²) >= 11 is 0. The second kappa shape index (κ2) is 9.51. The summed E-state index contributed by atoms with van der Waals surface area (Å²) in [6.07, 6.45) is 9.22. The third-order valence-electron chi connectivity index (χ3n) is 6.19. The van der Waals surface area contributed by atoms with Crippen molar-refractivity contribution in [3.8, 4) is 11.5 Å². The molecular formula is C23H34N2O4. The van der Waals surface area contributed by atoms with Gasteiger partial charge in [0, 0.05) is 6.92 Å². The lowest BCUT2D eigenvalue weighted by Gasteiger charge is -2.37. The molecule has 2 fully saturated rings. The van der Waals surface area contributed by atoms with E-state index >= 15 is 0 Å². The summed E-state index contributed by atoms with van der Waals surface area (Å²) in [5, 5.41) is 6.03. The van der Waals surface area contributed by atoms with Gasteiger partial charge in [-0.1, -0.05) is 25.3 Å². The molecule has 29 heavy (non-hydrogen) atoms. The Morgan fingerprint density at radius 2 is 1.76 bits per heavy atom. The Kier molecular flexibility index (Phi) is 7.04. The third-order valence-corrected chi connectivity index (χ3v) is 6.19. The van der Waals surface area contributed by atoms with E-state index in [-0.39, 0.29) is 24.0 Å². The van der Waals surface area contributed by atoms with E-state index < -0.39 is 5.54 Å². The number of carbonyl (C=O) groups excluding carboxylic acids is 2. The molecule has 0 aliphatic heterocycles. The van der Waals surface area contributed by atoms with Crippen LogP contribution in [-0.4, -0.2) is 30.6 Å². The summed E-state index contributed by atoms with van der Waals surface area (Å²) in [6.45, 7) is 3.43. The highest BCUT2D eigenvalue weighted by Crippen LogP contribution is 2.34. The Hall–Kier alpha value is -2.24. The summed E-state index contributed by atoms with van der Waals surface area (Å²) in [5.41, 5.74) is 0.149. The highest BCUT2D eigenvalue weighted by molar-refractivity contribution is 5.91. The van der Waals surface area contributed by atoms with Crippen LogP contribution in [0.4, 0.5) is 0 Å². The number of rotatable bonds is 7. The van der Waals surface area contributed by atoms with Gasteiger partial charge in [0.2, 0.25) is 11.8 Å². The minimum absolute atomic E-state index is 0.106. The summed E-state index contributed by atoms with van der Waals surface area (Å²) < 4.78 is 11.7. The lowest BCUT2D eigenvalue weighted by molar-refractivity contribution is -0.134. The van der Waals surface area contributed by atoms with Gasteiger partial charge in [-0.3, -0.25) is 9.59 Å². The van der Waals surface area contributed by atoms with Crippen LogP contribution < -0.4 is 20.1 Å². The van der Waals surface area contributed by atoms with Gasteiger partial charge in [0.05, 0.1) is 19.3 Å². The first-order chi connectivity index (χ1) is 13.9. The van der Waals surface area contributed by atoms with Gasteiger partial charge in [0.15, 0.2) is 11.5 Å². The molecule has 2 saturated carbocycles. The molecule has 160 valence electrons. The van der Waals surface area contributed by atoms with Crippen molar-refractivity contribution in [3.05, 3.63) is 23.8 Å². The van der Waals surface area contributed by atoms with Crippen LogP contribution in [0, 0.1) is 0 Å². The maximum absolute atomic E-state index is 13.1. The second-order valence-electron chi connectivity index (χ2n) is 8.45. The fourth-order valence-electron chi connectivity index (χ4n) is 4.56. The lowest BCUT2D eigenvalue weighted by Crippen LogP contribution is -2.59. The molecule has 0 radical (unpaired) electrons. The van der Waals surface area contributed by atoms with E-state index in [1.165, 1.54) is 19.8 Å². The Morgan fingerprint density at radius 1 is 1.07 bits per heavy atom. The fourth-order valence-corrected chi connectivity index (χ4v) is 4.56. The zero-order valence-corrected chi connectivity index (χ0v) is 17.9. The number of benzene rings is 1. The highest BCUT2D eigenvalue weighted by atomic mass is 16.5. The fraction of sp³-hybridized carbons (Fsp3) is 0.652. The van der Waals surface area contributed by atoms with Crippen molar-refractivity contribution in [1.29, 1.82) is 0 Å². The Labute approximate surface area is 173 Å². The van der Waals surface area contributed by atoms with Crippen LogP contribution in [-0.2, 0) is 9.59 Å². The van der Waals surface area contributed by atoms with Gasteiger partial charge in [-0.25, -0.2) is 0 Å². The summed E-state index contributed by atoms with van der Waals surface area (Å²) in [4.78, 5) is 24.8. The van der Waals surface area contributed by atoms with Crippen molar-refractivity contribution < 1.29 is 19.1 Å². The van der Waals surface area contributed by atoms with Crippen LogP contribution in [0.15, 0.2) is 18.2 Å². The molecule has 1 atom stereocenters. The van der Waals surface area contributed by atoms with Crippen LogP contribution in [0.2, 0.25) is 0 Å². The summed E-state index contributed by atoms with van der Waals surface area (Å²) in [5.74, 6) is 1.17. The number of hydrogen-bond acceptors (Lipinski definition) is 4. The Bertz CT molecular complexity index is 722. The molecule has 0 aromatic heterocycles. The van der Waals surface area contributed by atoms with Crippen LogP contribution in [0.1, 0.15) is 83.2 Å². The largest absolute Gasteiger partial charge is 0.493 e. The monoisotopic (exact) mass is 402 g/mol. The van der Waals surface area contributed by atoms with Crippen molar-refractivity contribution in [2.75, 3.05) is 7.11 Å². The van der Waals surface area contributed by atoms with E-state index in [9.17, 15) is 9.59 Å². The van der Waals surface area contributed by atoms with E-state index in [2.05, 4.69) is 10.6 Å². The van der Waals surface area contributed by atoms with Crippen LogP contribution in [0.5, 0.6) is 11.5 Å². The molecule has 2 aliphatic carbocycles. The summed E-state index contributed by atoms with van der Waals surface area (Å²) in [7, 11) is 1.64. The number of nitrogens with one attached hydrogen (secondary N) is 2. The van der Waals surface area contributed by atoms with E-state index in [1.807, 2.05) is 25.1 Å². The number of carbonyl (C=O) groups is 2. The summed E-state index contributed by atoms with van der Waals surface area (Å²) in [6, 6.07) is 5.63. The quantitative estimate of drug-likeness (QED) is 0.722. The zero-order chi connectivity index (χ0) is 20.9. The van der Waals surface area contributed by atoms with Crippen molar-refractivity contribution in [2.24, 2.45) is 0 Å². The highest BCUT2D eigenvalue weighted by Gasteiger charge is 2.40. The van der Waals surface area contributed by atoms with Gasteiger partial charge in [-0.2, -0.15) is 0 Å². The van der Waals surface area contributed by atoms with Crippen molar-refractivity contribution in [1.82, 2.24) is 10.6 Å². The third kappa shape index (κ3) is 5.22. The first kappa shape index (κ1) is 21.5. The molecule has 2 amide bonds. The molecule has 1 aromatic carbocycles. The van der Waals surface area contributed by atoms with Gasteiger partial charge in [0.1, 0.15) is 5.54 Å². The molecule has 0 saturated heterocycles. The minimum atomic E-state index is -0.798. The maximum Gasteiger partial charge on any atom is 0.246 e. The van der Waals surface area contributed by atoms with Gasteiger partial charge in [-0.05, 0) is 63.1 Å². The molecule has 2 N–H and O–H groups in total. The standard InChI is InChI=1S/C23H34N2O4/c1-16(24-22(27)23(25-17(2)26)13-7-4-8-14-23)18-11-12-20(21(15-18)28-3)29-19-9-5-6-10-19/h11-12,15-16,19H,4-10,13-14H2,1-3H3,(H,24,27)(H,25,26). The van der Waals surface area contributed by atoms with Gasteiger partial charge in [0.25, 0.3) is 0 Å². The van der Waals surface area contributed by atoms with Crippen molar-refractivity contribution in [3.63, 3.8) is 0 Å². The molecule has 2 aliphatic rings. The smallest absolute Gasteiger partial charge is 0.246 e. The van der Waals surface area contributed by atoms with Crippen LogP contribution in [0.3, 0.4) is 0 Å². The maximum atomic E-state index is 13.1. The predicted molar refractivity (Wildman–Crippen MR) is 112 cm³/mol.